The van der Waals surface area contributed by atoms with Gasteiger partial charge in [-0.25, -0.2) is 13.8 Å². The third-order valence-corrected chi connectivity index (χ3v) is 7.44. The highest BCUT2D eigenvalue weighted by Gasteiger charge is 2.26. The molecule has 1 aliphatic rings. The average molecular weight is 532 g/mol. The number of carbonyl (C=O) groups excluding carboxylic acids is 1. The minimum Gasteiger partial charge on any atom is -0.485 e. The minimum absolute atomic E-state index is 0.0525. The third kappa shape index (κ3) is 5.66. The van der Waals surface area contributed by atoms with Crippen LogP contribution < -0.4 is 14.9 Å². The molecule has 1 atom stereocenters. The molecule has 0 unspecified atom stereocenters. The molecule has 9 heteroatoms. The third-order valence-electron chi connectivity index (χ3n) is 5.81. The first-order valence-electron chi connectivity index (χ1n) is 11.5. The van der Waals surface area contributed by atoms with E-state index >= 15 is 0 Å². The summed E-state index contributed by atoms with van der Waals surface area (Å²) in [4.78, 5) is 12.9. The number of hydrogen-bond donors (Lipinski definition) is 2. The Kier molecular flexibility index (Phi) is 6.94. The van der Waals surface area contributed by atoms with Crippen molar-refractivity contribution in [1.82, 2.24) is 5.43 Å². The largest absolute Gasteiger partial charge is 0.485 e. The fourth-order valence-electron chi connectivity index (χ4n) is 3.97. The number of carbonyl (C=O) groups is 1. The molecular weight excluding hydrogens is 510 g/mol. The van der Waals surface area contributed by atoms with E-state index in [9.17, 15) is 13.2 Å². The molecule has 0 aliphatic carbocycles. The van der Waals surface area contributed by atoms with E-state index in [-0.39, 0.29) is 16.6 Å². The van der Waals surface area contributed by atoms with Gasteiger partial charge >= 0.3 is 0 Å². The summed E-state index contributed by atoms with van der Waals surface area (Å²) >= 11 is 5.87. The first kappa shape index (κ1) is 24.5. The molecule has 4 aromatic carbocycles. The quantitative estimate of drug-likeness (QED) is 0.307. The lowest BCUT2D eigenvalue weighted by atomic mass is 9.96. The number of rotatable bonds is 6. The number of nitrogens with one attached hydrogen (secondary N) is 2. The number of benzene rings is 4. The molecule has 0 saturated heterocycles. The van der Waals surface area contributed by atoms with Gasteiger partial charge in [0.15, 0.2) is 0 Å². The van der Waals surface area contributed by atoms with Crippen molar-refractivity contribution in [2.75, 3.05) is 4.72 Å². The fourth-order valence-corrected chi connectivity index (χ4v) is 5.20. The van der Waals surface area contributed by atoms with Crippen LogP contribution in [0.2, 0.25) is 5.02 Å². The summed E-state index contributed by atoms with van der Waals surface area (Å²) in [6.07, 6.45) is 0.208. The van der Waals surface area contributed by atoms with Crippen molar-refractivity contribution in [3.8, 4) is 5.75 Å². The van der Waals surface area contributed by atoms with E-state index in [1.165, 1.54) is 24.3 Å². The zero-order valence-corrected chi connectivity index (χ0v) is 21.0. The molecule has 1 amide bonds. The topological polar surface area (TPSA) is 96.9 Å². The lowest BCUT2D eigenvalue weighted by molar-refractivity contribution is 0.0954. The van der Waals surface area contributed by atoms with Gasteiger partial charge < -0.3 is 4.74 Å². The summed E-state index contributed by atoms with van der Waals surface area (Å²) in [7, 11) is -3.92. The van der Waals surface area contributed by atoms with Gasteiger partial charge in [0.05, 0.1) is 10.6 Å². The molecule has 0 fully saturated rings. The van der Waals surface area contributed by atoms with Crippen LogP contribution in [0.1, 0.15) is 34.0 Å². The predicted molar refractivity (Wildman–Crippen MR) is 144 cm³/mol. The first-order chi connectivity index (χ1) is 17.9. The number of hydrazone groups is 1. The average Bonchev–Trinajstić information content (AvgIpc) is 2.93. The molecule has 186 valence electrons. The van der Waals surface area contributed by atoms with E-state index < -0.39 is 15.9 Å². The molecule has 5 rings (SSSR count). The summed E-state index contributed by atoms with van der Waals surface area (Å²) in [6.45, 7) is 0. The molecule has 1 heterocycles. The number of sulfonamides is 1. The maximum absolute atomic E-state index is 12.9. The summed E-state index contributed by atoms with van der Waals surface area (Å²) < 4.78 is 34.4. The summed E-state index contributed by atoms with van der Waals surface area (Å²) in [5.74, 6) is 0.147. The number of nitrogens with zero attached hydrogens (tertiary/aromatic N) is 1. The second-order valence-corrected chi connectivity index (χ2v) is 10.5. The second kappa shape index (κ2) is 10.5. The van der Waals surface area contributed by atoms with Gasteiger partial charge in [0, 0.05) is 28.3 Å². The van der Waals surface area contributed by atoms with Gasteiger partial charge in [-0.3, -0.25) is 9.52 Å². The molecule has 2 N–H and O–H groups in total. The van der Waals surface area contributed by atoms with Gasteiger partial charge in [0.25, 0.3) is 15.9 Å². The molecule has 0 bridgehead atoms. The summed E-state index contributed by atoms with van der Waals surface area (Å²) in [6, 6.07) is 29.3. The number of para-hydroxylation sites is 1. The Balaban J connectivity index is 1.36. The molecule has 1 aliphatic heterocycles. The van der Waals surface area contributed by atoms with Gasteiger partial charge in [-0.2, -0.15) is 5.10 Å². The predicted octanol–water partition coefficient (Wildman–Crippen LogP) is 5.80. The zero-order valence-electron chi connectivity index (χ0n) is 19.5. The van der Waals surface area contributed by atoms with Crippen molar-refractivity contribution in [3.63, 3.8) is 0 Å². The van der Waals surface area contributed by atoms with Crippen LogP contribution in [0.15, 0.2) is 113 Å². The van der Waals surface area contributed by atoms with Crippen molar-refractivity contribution in [1.29, 1.82) is 0 Å². The molecule has 4 aromatic rings. The molecule has 7 nitrogen and oxygen atoms in total. The van der Waals surface area contributed by atoms with Crippen molar-refractivity contribution in [2.24, 2.45) is 5.10 Å². The molecule has 0 radical (unpaired) electrons. The number of amides is 1. The molecule has 37 heavy (non-hydrogen) atoms. The summed E-state index contributed by atoms with van der Waals surface area (Å²) in [5.41, 5.74) is 5.55. The fraction of sp³-hybridized carbons (Fsp3) is 0.0714. The first-order valence-corrected chi connectivity index (χ1v) is 13.3. The maximum atomic E-state index is 12.9. The Morgan fingerprint density at radius 2 is 1.62 bits per heavy atom. The van der Waals surface area contributed by atoms with Crippen LogP contribution in [0.4, 0.5) is 5.69 Å². The number of anilines is 1. The van der Waals surface area contributed by atoms with Crippen LogP contribution in [-0.2, 0) is 10.0 Å². The normalized spacial score (nSPS) is 15.9. The lowest BCUT2D eigenvalue weighted by Gasteiger charge is -2.27. The van der Waals surface area contributed by atoms with E-state index in [1.807, 2.05) is 54.6 Å². The van der Waals surface area contributed by atoms with Crippen LogP contribution in [-0.4, -0.2) is 20.0 Å². The van der Waals surface area contributed by atoms with Crippen LogP contribution >= 0.6 is 11.6 Å². The van der Waals surface area contributed by atoms with E-state index in [0.717, 1.165) is 11.1 Å². The Hall–Kier alpha value is -4.14. The van der Waals surface area contributed by atoms with Gasteiger partial charge in [0.1, 0.15) is 11.9 Å². The van der Waals surface area contributed by atoms with Crippen molar-refractivity contribution in [3.05, 3.63) is 125 Å². The Morgan fingerprint density at radius 1 is 0.892 bits per heavy atom. The van der Waals surface area contributed by atoms with Gasteiger partial charge in [0.2, 0.25) is 0 Å². The van der Waals surface area contributed by atoms with E-state index in [1.54, 1.807) is 24.3 Å². The highest BCUT2D eigenvalue weighted by Crippen LogP contribution is 2.35. The Bertz CT molecular complexity index is 1570. The van der Waals surface area contributed by atoms with Crippen LogP contribution in [0.5, 0.6) is 5.75 Å². The number of ether oxygens (including phenoxy) is 1. The summed E-state index contributed by atoms with van der Waals surface area (Å²) in [5, 5.41) is 4.90. The smallest absolute Gasteiger partial charge is 0.271 e. The molecule has 0 spiro atoms. The van der Waals surface area contributed by atoms with Crippen molar-refractivity contribution >= 4 is 38.9 Å². The zero-order chi connectivity index (χ0) is 25.8. The second-order valence-electron chi connectivity index (χ2n) is 8.36. The van der Waals surface area contributed by atoms with Crippen LogP contribution in [0.3, 0.4) is 0 Å². The highest BCUT2D eigenvalue weighted by molar-refractivity contribution is 7.92. The van der Waals surface area contributed by atoms with E-state index in [0.29, 0.717) is 28.6 Å². The van der Waals surface area contributed by atoms with Gasteiger partial charge in [-0.1, -0.05) is 60.1 Å². The minimum atomic E-state index is -3.92. The standard InChI is InChI=1S/C28H22ClN3O4S/c29-21-13-15-22(16-14-21)32-37(34,35)23-10-6-9-20(17-23)28(33)31-30-25-18-27(19-7-2-1-3-8-19)36-26-12-5-4-11-24(25)26/h1-17,27,32H,18H2,(H,31,33)/b30-25-/t27-/m1/s1. The molecular formula is C28H22ClN3O4S. The lowest BCUT2D eigenvalue weighted by Crippen LogP contribution is -2.25. The SMILES string of the molecule is O=C(N/N=C1/C[C@H](c2ccccc2)Oc2ccccc21)c1cccc(S(=O)(=O)Nc2ccc(Cl)cc2)c1. The van der Waals surface area contributed by atoms with E-state index in [2.05, 4.69) is 15.2 Å². The van der Waals surface area contributed by atoms with Gasteiger partial charge in [-0.05, 0) is 60.2 Å². The maximum Gasteiger partial charge on any atom is 0.271 e. The number of hydrogen-bond acceptors (Lipinski definition) is 5. The Morgan fingerprint density at radius 3 is 2.41 bits per heavy atom. The molecule has 0 saturated carbocycles. The Labute approximate surface area is 219 Å². The van der Waals surface area contributed by atoms with Crippen molar-refractivity contribution in [2.45, 2.75) is 17.4 Å². The number of fused-ring (bicyclic) bond motifs is 1. The molecule has 0 aromatic heterocycles. The van der Waals surface area contributed by atoms with E-state index in [4.69, 9.17) is 16.3 Å². The van der Waals surface area contributed by atoms with Crippen LogP contribution in [0.25, 0.3) is 0 Å². The highest BCUT2D eigenvalue weighted by atomic mass is 35.5. The van der Waals surface area contributed by atoms with Crippen molar-refractivity contribution < 1.29 is 17.9 Å². The van der Waals surface area contributed by atoms with Crippen LogP contribution in [0, 0.1) is 0 Å². The monoisotopic (exact) mass is 531 g/mol. The number of halogens is 1. The van der Waals surface area contributed by atoms with Gasteiger partial charge in [-0.15, -0.1) is 0 Å².